The number of hydrogen-bond acceptors (Lipinski definition) is 6. The Morgan fingerprint density at radius 1 is 1.25 bits per heavy atom. The largest absolute Gasteiger partial charge is 0.486 e. The van der Waals surface area contributed by atoms with Crippen molar-refractivity contribution in [2.45, 2.75) is 12.6 Å². The molecule has 0 spiro atoms. The molecule has 1 aromatic carbocycles. The Labute approximate surface area is 119 Å². The molecule has 1 aromatic rings. The Balaban J connectivity index is 2.05. The summed E-state index contributed by atoms with van der Waals surface area (Å²) in [7, 11) is 0. The number of ether oxygens (including phenoxy) is 2. The molecule has 0 bridgehead atoms. The molecule has 2 heterocycles. The number of anilines is 1. The molecular weight excluding hydrogens is 256 g/mol. The minimum Gasteiger partial charge on any atom is -0.486 e. The molecule has 5 N–H and O–H groups in total. The van der Waals surface area contributed by atoms with E-state index in [4.69, 9.17) is 20.9 Å². The molecule has 0 saturated carbocycles. The predicted octanol–water partition coefficient (Wildman–Crippen LogP) is -0.347. The molecule has 3 rings (SSSR count). The topological polar surface area (TPSA) is 85.8 Å². The average molecular weight is 278 g/mol. The first-order valence-corrected chi connectivity index (χ1v) is 7.14. The maximum atomic E-state index is 5.91. The first-order valence-electron chi connectivity index (χ1n) is 7.14. The lowest BCUT2D eigenvalue weighted by molar-refractivity contribution is 0.171. The van der Waals surface area contributed by atoms with E-state index >= 15 is 0 Å². The van der Waals surface area contributed by atoms with Crippen LogP contribution < -0.4 is 31.2 Å². The van der Waals surface area contributed by atoms with Gasteiger partial charge >= 0.3 is 0 Å². The van der Waals surface area contributed by atoms with Crippen LogP contribution in [0.15, 0.2) is 12.1 Å². The molecule has 1 saturated heterocycles. The van der Waals surface area contributed by atoms with Gasteiger partial charge in [0, 0.05) is 32.7 Å². The number of rotatable bonds is 3. The first-order chi connectivity index (χ1) is 9.85. The van der Waals surface area contributed by atoms with Gasteiger partial charge in [0.15, 0.2) is 11.5 Å². The fourth-order valence-corrected chi connectivity index (χ4v) is 2.89. The molecule has 1 fully saturated rings. The number of fused-ring (bicyclic) bond motifs is 1. The molecule has 2 aliphatic heterocycles. The van der Waals surface area contributed by atoms with E-state index < -0.39 is 0 Å². The highest BCUT2D eigenvalue weighted by molar-refractivity contribution is 5.70. The number of hydrogen-bond donors (Lipinski definition) is 3. The molecule has 20 heavy (non-hydrogen) atoms. The molecule has 0 radical (unpaired) electrons. The summed E-state index contributed by atoms with van der Waals surface area (Å²) in [6, 6.07) is 4.23. The molecular formula is C14H22N4O2. The van der Waals surface area contributed by atoms with Gasteiger partial charge in [0.25, 0.3) is 0 Å². The van der Waals surface area contributed by atoms with Crippen LogP contribution in [0.25, 0.3) is 0 Å². The van der Waals surface area contributed by atoms with Crippen LogP contribution in [-0.2, 0) is 6.54 Å². The van der Waals surface area contributed by atoms with Crippen LogP contribution in [0.4, 0.5) is 5.69 Å². The Bertz CT molecular complexity index is 480. The van der Waals surface area contributed by atoms with Crippen LogP contribution in [0, 0.1) is 0 Å². The second-order valence-corrected chi connectivity index (χ2v) is 5.09. The summed E-state index contributed by atoms with van der Waals surface area (Å²) in [5.41, 5.74) is 14.0. The van der Waals surface area contributed by atoms with Crippen LogP contribution in [0.3, 0.4) is 0 Å². The number of nitrogens with one attached hydrogen (secondary N) is 1. The van der Waals surface area contributed by atoms with Crippen LogP contribution in [0.2, 0.25) is 0 Å². The van der Waals surface area contributed by atoms with E-state index in [-0.39, 0.29) is 6.04 Å². The summed E-state index contributed by atoms with van der Waals surface area (Å²) in [4.78, 5) is 2.31. The fraction of sp³-hybridized carbons (Fsp3) is 0.571. The molecule has 0 amide bonds. The lowest BCUT2D eigenvalue weighted by Gasteiger charge is -2.40. The van der Waals surface area contributed by atoms with Gasteiger partial charge in [0.1, 0.15) is 13.2 Å². The normalized spacial score (nSPS) is 21.9. The van der Waals surface area contributed by atoms with Gasteiger partial charge in [-0.1, -0.05) is 6.07 Å². The van der Waals surface area contributed by atoms with Gasteiger partial charge in [-0.2, -0.15) is 0 Å². The molecule has 2 aliphatic rings. The van der Waals surface area contributed by atoms with E-state index in [1.54, 1.807) is 0 Å². The number of nitrogens with zero attached hydrogens (tertiary/aromatic N) is 1. The average Bonchev–Trinajstić information content (AvgIpc) is 2.53. The van der Waals surface area contributed by atoms with Crippen molar-refractivity contribution in [3.05, 3.63) is 17.7 Å². The molecule has 0 aliphatic carbocycles. The number of nitrogens with two attached hydrogens (primary N) is 2. The predicted molar refractivity (Wildman–Crippen MR) is 78.4 cm³/mol. The second-order valence-electron chi connectivity index (χ2n) is 5.09. The van der Waals surface area contributed by atoms with Crippen LogP contribution in [0.1, 0.15) is 5.56 Å². The third kappa shape index (κ3) is 2.30. The Kier molecular flexibility index (Phi) is 3.95. The smallest absolute Gasteiger partial charge is 0.184 e. The van der Waals surface area contributed by atoms with E-state index in [0.717, 1.165) is 42.4 Å². The van der Waals surface area contributed by atoms with Gasteiger partial charge in [0.2, 0.25) is 0 Å². The van der Waals surface area contributed by atoms with E-state index in [0.29, 0.717) is 26.3 Å². The summed E-state index contributed by atoms with van der Waals surface area (Å²) in [5, 5.41) is 3.38. The lowest BCUT2D eigenvalue weighted by Crippen LogP contribution is -2.55. The van der Waals surface area contributed by atoms with E-state index in [1.165, 1.54) is 0 Å². The van der Waals surface area contributed by atoms with Gasteiger partial charge in [-0.05, 0) is 11.6 Å². The zero-order chi connectivity index (χ0) is 13.9. The van der Waals surface area contributed by atoms with E-state index in [1.807, 2.05) is 12.1 Å². The van der Waals surface area contributed by atoms with Crippen LogP contribution in [-0.4, -0.2) is 45.4 Å². The van der Waals surface area contributed by atoms with Crippen molar-refractivity contribution in [3.8, 4) is 11.5 Å². The van der Waals surface area contributed by atoms with Crippen molar-refractivity contribution in [2.24, 2.45) is 11.5 Å². The highest BCUT2D eigenvalue weighted by Crippen LogP contribution is 2.43. The Hall–Kier alpha value is -1.50. The summed E-state index contributed by atoms with van der Waals surface area (Å²) >= 11 is 0. The van der Waals surface area contributed by atoms with Gasteiger partial charge in [0.05, 0.1) is 11.7 Å². The van der Waals surface area contributed by atoms with E-state index in [9.17, 15) is 0 Å². The summed E-state index contributed by atoms with van der Waals surface area (Å²) < 4.78 is 11.5. The van der Waals surface area contributed by atoms with Crippen molar-refractivity contribution < 1.29 is 9.47 Å². The van der Waals surface area contributed by atoms with Crippen LogP contribution in [0.5, 0.6) is 11.5 Å². The van der Waals surface area contributed by atoms with Gasteiger partial charge in [-0.15, -0.1) is 0 Å². The highest BCUT2D eigenvalue weighted by Gasteiger charge is 2.28. The SMILES string of the molecule is NCc1ccc2c(c1N1CCNCC1CN)OCCO2. The second kappa shape index (κ2) is 5.87. The van der Waals surface area contributed by atoms with Gasteiger partial charge in [-0.25, -0.2) is 0 Å². The standard InChI is InChI=1S/C14H22N4O2/c15-7-10-1-2-12-14(20-6-5-19-12)13(10)18-4-3-17-9-11(18)8-16/h1-2,11,17H,3-9,15-16H2. The summed E-state index contributed by atoms with van der Waals surface area (Å²) in [6.07, 6.45) is 0. The van der Waals surface area contributed by atoms with Crippen molar-refractivity contribution in [1.82, 2.24) is 5.32 Å². The van der Waals surface area contributed by atoms with Gasteiger partial charge in [-0.3, -0.25) is 0 Å². The number of benzene rings is 1. The monoisotopic (exact) mass is 278 g/mol. The first kappa shape index (κ1) is 13.5. The van der Waals surface area contributed by atoms with Crippen molar-refractivity contribution in [3.63, 3.8) is 0 Å². The summed E-state index contributed by atoms with van der Waals surface area (Å²) in [6.45, 7) is 4.96. The van der Waals surface area contributed by atoms with Gasteiger partial charge < -0.3 is 31.2 Å². The maximum Gasteiger partial charge on any atom is 0.184 e. The minimum atomic E-state index is 0.256. The van der Waals surface area contributed by atoms with Crippen molar-refractivity contribution >= 4 is 5.69 Å². The fourth-order valence-electron chi connectivity index (χ4n) is 2.89. The molecule has 6 nitrogen and oxygen atoms in total. The molecule has 0 aromatic heterocycles. The highest BCUT2D eigenvalue weighted by atomic mass is 16.6. The zero-order valence-corrected chi connectivity index (χ0v) is 11.6. The molecule has 1 unspecified atom stereocenters. The maximum absolute atomic E-state index is 5.91. The molecule has 110 valence electrons. The quantitative estimate of drug-likeness (QED) is 0.701. The zero-order valence-electron chi connectivity index (χ0n) is 11.6. The number of piperazine rings is 1. The molecule has 1 atom stereocenters. The summed E-state index contributed by atoms with van der Waals surface area (Å²) in [5.74, 6) is 1.62. The Morgan fingerprint density at radius 3 is 2.90 bits per heavy atom. The lowest BCUT2D eigenvalue weighted by atomic mass is 10.1. The molecule has 6 heteroatoms. The Morgan fingerprint density at radius 2 is 2.10 bits per heavy atom. The van der Waals surface area contributed by atoms with E-state index in [2.05, 4.69) is 10.2 Å². The van der Waals surface area contributed by atoms with Crippen molar-refractivity contribution in [2.75, 3.05) is 44.3 Å². The van der Waals surface area contributed by atoms with Crippen molar-refractivity contribution in [1.29, 1.82) is 0 Å². The minimum absolute atomic E-state index is 0.256. The third-order valence-electron chi connectivity index (χ3n) is 3.90. The third-order valence-corrected chi connectivity index (χ3v) is 3.90. The van der Waals surface area contributed by atoms with Crippen LogP contribution >= 0.6 is 0 Å².